The molecule has 0 bridgehead atoms. The third kappa shape index (κ3) is 2.52. The van der Waals surface area contributed by atoms with Crippen molar-refractivity contribution in [1.29, 1.82) is 0 Å². The fraction of sp³-hybridized carbons (Fsp3) is 0.857. The van der Waals surface area contributed by atoms with Crippen molar-refractivity contribution in [3.8, 4) is 0 Å². The van der Waals surface area contributed by atoms with Crippen LogP contribution in [0.5, 0.6) is 0 Å². The summed E-state index contributed by atoms with van der Waals surface area (Å²) in [5.41, 5.74) is 2.06. The number of carbonyl (C=O) groups is 1. The maximum atomic E-state index is 11.1. The fourth-order valence-electron chi connectivity index (χ4n) is 6.89. The van der Waals surface area contributed by atoms with Gasteiger partial charge in [0.15, 0.2) is 0 Å². The SMILES string of the molecule is CCCC1(C)/C(=C\C=O)CCC2C1CCC1(C)C(OC)CCC21. The molecule has 3 aliphatic rings. The molecule has 0 aliphatic heterocycles. The average Bonchev–Trinajstić information content (AvgIpc) is 2.87. The minimum atomic E-state index is 0.241. The Bertz CT molecular complexity index is 482. The van der Waals surface area contributed by atoms with E-state index in [1.165, 1.54) is 50.5 Å². The quantitative estimate of drug-likeness (QED) is 0.528. The molecule has 0 spiro atoms. The Kier molecular flexibility index (Phi) is 4.75. The van der Waals surface area contributed by atoms with Gasteiger partial charge in [0.25, 0.3) is 0 Å². The van der Waals surface area contributed by atoms with E-state index in [0.29, 0.717) is 11.5 Å². The van der Waals surface area contributed by atoms with Gasteiger partial charge in [0.2, 0.25) is 0 Å². The van der Waals surface area contributed by atoms with Crippen LogP contribution in [0.25, 0.3) is 0 Å². The molecule has 0 amide bonds. The molecule has 3 saturated carbocycles. The van der Waals surface area contributed by atoms with E-state index < -0.39 is 0 Å². The zero-order chi connectivity index (χ0) is 16.7. The predicted octanol–water partition coefficient (Wildman–Crippen LogP) is 5.17. The van der Waals surface area contributed by atoms with E-state index in [4.69, 9.17) is 4.74 Å². The number of allylic oxidation sites excluding steroid dienone is 2. The molecule has 2 nitrogen and oxygen atoms in total. The maximum absolute atomic E-state index is 11.1. The van der Waals surface area contributed by atoms with Gasteiger partial charge < -0.3 is 4.74 Å². The zero-order valence-corrected chi connectivity index (χ0v) is 15.4. The molecule has 3 aliphatic carbocycles. The highest BCUT2D eigenvalue weighted by Gasteiger charge is 2.58. The van der Waals surface area contributed by atoms with Crippen molar-refractivity contribution in [1.82, 2.24) is 0 Å². The summed E-state index contributed by atoms with van der Waals surface area (Å²) >= 11 is 0. The lowest BCUT2D eigenvalue weighted by Crippen LogP contribution is -2.50. The molecule has 130 valence electrons. The van der Waals surface area contributed by atoms with E-state index in [1.807, 2.05) is 13.2 Å². The molecule has 3 fully saturated rings. The van der Waals surface area contributed by atoms with Crippen LogP contribution in [0, 0.1) is 28.6 Å². The summed E-state index contributed by atoms with van der Waals surface area (Å²) < 4.78 is 5.86. The zero-order valence-electron chi connectivity index (χ0n) is 15.4. The summed E-state index contributed by atoms with van der Waals surface area (Å²) in [6.07, 6.45) is 13.4. The predicted molar refractivity (Wildman–Crippen MR) is 94.2 cm³/mol. The van der Waals surface area contributed by atoms with E-state index in [0.717, 1.165) is 30.5 Å². The van der Waals surface area contributed by atoms with E-state index >= 15 is 0 Å². The summed E-state index contributed by atoms with van der Waals surface area (Å²) in [7, 11) is 1.90. The normalized spacial score (nSPS) is 48.1. The molecule has 6 atom stereocenters. The molecule has 0 N–H and O–H groups in total. The smallest absolute Gasteiger partial charge is 0.142 e. The lowest BCUT2D eigenvalue weighted by Gasteiger charge is -2.57. The number of ether oxygens (including phenoxy) is 1. The molecule has 3 rings (SSSR count). The minimum absolute atomic E-state index is 0.241. The van der Waals surface area contributed by atoms with Gasteiger partial charge in [-0.25, -0.2) is 0 Å². The van der Waals surface area contributed by atoms with Gasteiger partial charge in [0.05, 0.1) is 6.10 Å². The first kappa shape index (κ1) is 17.2. The number of methoxy groups -OCH3 is 1. The monoisotopic (exact) mass is 318 g/mol. The topological polar surface area (TPSA) is 26.3 Å². The van der Waals surface area contributed by atoms with Crippen LogP contribution < -0.4 is 0 Å². The molecule has 0 heterocycles. The van der Waals surface area contributed by atoms with Crippen LogP contribution in [0.2, 0.25) is 0 Å². The van der Waals surface area contributed by atoms with E-state index in [9.17, 15) is 4.79 Å². The van der Waals surface area contributed by atoms with Gasteiger partial charge in [-0.2, -0.15) is 0 Å². The summed E-state index contributed by atoms with van der Waals surface area (Å²) in [5.74, 6) is 2.41. The third-order valence-corrected chi connectivity index (χ3v) is 7.97. The van der Waals surface area contributed by atoms with Crippen LogP contribution in [0.1, 0.15) is 72.1 Å². The van der Waals surface area contributed by atoms with Crippen molar-refractivity contribution in [2.24, 2.45) is 28.6 Å². The number of hydrogen-bond donors (Lipinski definition) is 0. The molecular formula is C21H34O2. The molecule has 2 heteroatoms. The van der Waals surface area contributed by atoms with Gasteiger partial charge in [0.1, 0.15) is 6.29 Å². The van der Waals surface area contributed by atoms with Crippen molar-refractivity contribution >= 4 is 6.29 Å². The van der Waals surface area contributed by atoms with Crippen molar-refractivity contribution in [2.75, 3.05) is 7.11 Å². The van der Waals surface area contributed by atoms with Crippen LogP contribution in [0.3, 0.4) is 0 Å². The Morgan fingerprint density at radius 1 is 1.17 bits per heavy atom. The first-order valence-corrected chi connectivity index (χ1v) is 9.69. The van der Waals surface area contributed by atoms with Crippen LogP contribution in [-0.2, 0) is 9.53 Å². The second-order valence-electron chi connectivity index (χ2n) is 8.76. The molecule has 0 aromatic heterocycles. The Labute approximate surface area is 142 Å². The minimum Gasteiger partial charge on any atom is -0.381 e. The van der Waals surface area contributed by atoms with E-state index in [1.54, 1.807) is 0 Å². The van der Waals surface area contributed by atoms with E-state index in [2.05, 4.69) is 20.8 Å². The number of hydrogen-bond acceptors (Lipinski definition) is 2. The summed E-state index contributed by atoms with van der Waals surface area (Å²) in [6, 6.07) is 0. The van der Waals surface area contributed by atoms with Crippen LogP contribution in [0.15, 0.2) is 11.6 Å². The van der Waals surface area contributed by atoms with Gasteiger partial charge in [0, 0.05) is 7.11 Å². The van der Waals surface area contributed by atoms with Gasteiger partial charge in [-0.1, -0.05) is 32.8 Å². The lowest BCUT2D eigenvalue weighted by atomic mass is 9.48. The molecule has 0 aromatic rings. The maximum Gasteiger partial charge on any atom is 0.142 e. The Morgan fingerprint density at radius 3 is 2.61 bits per heavy atom. The Morgan fingerprint density at radius 2 is 1.96 bits per heavy atom. The van der Waals surface area contributed by atoms with Crippen LogP contribution in [0.4, 0.5) is 0 Å². The van der Waals surface area contributed by atoms with Crippen molar-refractivity contribution in [3.05, 3.63) is 11.6 Å². The van der Waals surface area contributed by atoms with Gasteiger partial charge in [-0.3, -0.25) is 4.79 Å². The molecule has 23 heavy (non-hydrogen) atoms. The van der Waals surface area contributed by atoms with Gasteiger partial charge in [-0.15, -0.1) is 0 Å². The summed E-state index contributed by atoms with van der Waals surface area (Å²) in [5, 5.41) is 0. The molecular weight excluding hydrogens is 284 g/mol. The highest BCUT2D eigenvalue weighted by molar-refractivity contribution is 5.66. The Balaban J connectivity index is 1.92. The fourth-order valence-corrected chi connectivity index (χ4v) is 6.89. The van der Waals surface area contributed by atoms with Crippen molar-refractivity contribution in [3.63, 3.8) is 0 Å². The lowest BCUT2D eigenvalue weighted by molar-refractivity contribution is -0.104. The highest BCUT2D eigenvalue weighted by atomic mass is 16.5. The first-order valence-electron chi connectivity index (χ1n) is 9.69. The average molecular weight is 319 g/mol. The van der Waals surface area contributed by atoms with Gasteiger partial charge >= 0.3 is 0 Å². The number of aldehydes is 1. The highest BCUT2D eigenvalue weighted by Crippen LogP contribution is 2.64. The Hall–Kier alpha value is -0.630. The van der Waals surface area contributed by atoms with Crippen LogP contribution in [-0.4, -0.2) is 19.5 Å². The van der Waals surface area contributed by atoms with E-state index in [-0.39, 0.29) is 5.41 Å². The van der Waals surface area contributed by atoms with Crippen LogP contribution >= 0.6 is 0 Å². The second-order valence-corrected chi connectivity index (χ2v) is 8.76. The molecule has 0 saturated heterocycles. The van der Waals surface area contributed by atoms with Crippen molar-refractivity contribution in [2.45, 2.75) is 78.2 Å². The second kappa shape index (κ2) is 6.35. The third-order valence-electron chi connectivity index (χ3n) is 7.97. The molecule has 6 unspecified atom stereocenters. The number of rotatable bonds is 4. The molecule has 0 radical (unpaired) electrons. The molecule has 0 aromatic carbocycles. The van der Waals surface area contributed by atoms with Crippen molar-refractivity contribution < 1.29 is 9.53 Å². The largest absolute Gasteiger partial charge is 0.381 e. The number of fused-ring (bicyclic) bond motifs is 3. The first-order chi connectivity index (χ1) is 11.0. The standard InChI is InChI=1S/C21H34O2/c1-5-12-20(2)15(11-14-22)6-7-16-17-8-9-19(23-4)21(17,3)13-10-18(16)20/h11,14,16-19H,5-10,12-13H2,1-4H3/b15-11-. The number of carbonyl (C=O) groups excluding carboxylic acids is 1. The van der Waals surface area contributed by atoms with Gasteiger partial charge in [-0.05, 0) is 79.6 Å². The summed E-state index contributed by atoms with van der Waals surface area (Å²) in [6.45, 7) is 7.23. The summed E-state index contributed by atoms with van der Waals surface area (Å²) in [4.78, 5) is 11.1.